The number of rotatable bonds is 10. The molecule has 0 N–H and O–H groups in total. The van der Waals surface area contributed by atoms with Crippen molar-refractivity contribution in [3.8, 4) is 5.69 Å². The van der Waals surface area contributed by atoms with Crippen molar-refractivity contribution < 1.29 is 26.0 Å². The number of halogens is 3. The number of nitrogens with zero attached hydrogens (tertiary/aromatic N) is 4. The summed E-state index contributed by atoms with van der Waals surface area (Å²) in [5.41, 5.74) is -0.499. The highest BCUT2D eigenvalue weighted by atomic mass is 32.2. The molecule has 168 valence electrons. The van der Waals surface area contributed by atoms with E-state index in [9.17, 15) is 21.6 Å². The lowest BCUT2D eigenvalue weighted by Gasteiger charge is -2.36. The van der Waals surface area contributed by atoms with Crippen molar-refractivity contribution in [2.45, 2.75) is 69.2 Å². The maximum Gasteiger partial charge on any atom is 0.389 e. The third-order valence-corrected chi connectivity index (χ3v) is 7.00. The number of hydrogen-bond acceptors (Lipinski definition) is 6. The van der Waals surface area contributed by atoms with Gasteiger partial charge in [0.05, 0.1) is 17.0 Å². The molecule has 0 aliphatic heterocycles. The molecule has 0 unspecified atom stereocenters. The van der Waals surface area contributed by atoms with Gasteiger partial charge in [-0.25, -0.2) is 8.42 Å². The molecule has 0 fully saturated rings. The van der Waals surface area contributed by atoms with Crippen molar-refractivity contribution in [2.75, 3.05) is 5.75 Å². The molecule has 1 heterocycles. The Balaban J connectivity index is 2.18. The van der Waals surface area contributed by atoms with Crippen LogP contribution in [-0.2, 0) is 14.3 Å². The molecule has 0 saturated carbocycles. The average molecular weight is 465 g/mol. The summed E-state index contributed by atoms with van der Waals surface area (Å²) in [4.78, 5) is 0. The van der Waals surface area contributed by atoms with Crippen LogP contribution in [0.5, 0.6) is 0 Å². The summed E-state index contributed by atoms with van der Waals surface area (Å²) in [5, 5.41) is 10.6. The lowest BCUT2D eigenvalue weighted by molar-refractivity contribution is -0.137. The molecule has 1 aromatic carbocycles. The van der Waals surface area contributed by atoms with Crippen molar-refractivity contribution in [2.24, 2.45) is 0 Å². The molecule has 30 heavy (non-hydrogen) atoms. The van der Waals surface area contributed by atoms with Crippen LogP contribution in [0.1, 0.15) is 32.6 Å². The van der Waals surface area contributed by atoms with Crippen molar-refractivity contribution in [3.63, 3.8) is 0 Å². The van der Waals surface area contributed by atoms with Gasteiger partial charge in [0.1, 0.15) is 0 Å². The summed E-state index contributed by atoms with van der Waals surface area (Å²) in [6.07, 6.45) is -5.18. The van der Waals surface area contributed by atoms with E-state index in [0.29, 0.717) is 5.69 Å². The zero-order valence-electron chi connectivity index (χ0n) is 17.5. The van der Waals surface area contributed by atoms with E-state index in [-0.39, 0.29) is 30.2 Å². The Morgan fingerprint density at radius 2 is 1.70 bits per heavy atom. The van der Waals surface area contributed by atoms with Crippen LogP contribution in [0.4, 0.5) is 13.2 Å². The van der Waals surface area contributed by atoms with Crippen molar-refractivity contribution in [1.82, 2.24) is 20.2 Å². The van der Waals surface area contributed by atoms with Crippen molar-refractivity contribution in [1.29, 1.82) is 0 Å². The van der Waals surface area contributed by atoms with Gasteiger partial charge in [0.25, 0.3) is 5.16 Å². The maximum absolute atomic E-state index is 12.9. The van der Waals surface area contributed by atoms with Gasteiger partial charge in [0.15, 0.2) is 8.32 Å². The van der Waals surface area contributed by atoms with Gasteiger partial charge in [0, 0.05) is 6.42 Å². The normalized spacial score (nSPS) is 15.2. The highest BCUT2D eigenvalue weighted by Crippen LogP contribution is 2.31. The fourth-order valence-electron chi connectivity index (χ4n) is 3.17. The minimum Gasteiger partial charge on any atom is -0.412 e. The molecule has 12 heteroatoms. The van der Waals surface area contributed by atoms with E-state index in [4.69, 9.17) is 4.43 Å². The lowest BCUT2D eigenvalue weighted by Crippen LogP contribution is -2.42. The first kappa shape index (κ1) is 24.5. The van der Waals surface area contributed by atoms with Crippen LogP contribution in [0, 0.1) is 0 Å². The number of aromatic nitrogens is 4. The molecular weight excluding hydrogens is 437 g/mol. The summed E-state index contributed by atoms with van der Waals surface area (Å²) < 4.78 is 70.9. The smallest absolute Gasteiger partial charge is 0.389 e. The van der Waals surface area contributed by atoms with Crippen LogP contribution in [0.3, 0.4) is 0 Å². The standard InChI is InChI=1S/C18H27F3N4O3SSi/c1-17(28-30(2,3)4,11-8-12-18(19,20)21)13-14-29(26,27)16-22-23-24-25(16)15-9-6-5-7-10-15/h5-7,9-10H,8,11-14H2,1-4H3/t17-/m0/s1. The number of alkyl halides is 3. The van der Waals surface area contributed by atoms with E-state index in [1.54, 1.807) is 37.3 Å². The van der Waals surface area contributed by atoms with E-state index in [1.165, 1.54) is 0 Å². The Morgan fingerprint density at radius 1 is 1.07 bits per heavy atom. The number of tetrazole rings is 1. The molecule has 7 nitrogen and oxygen atoms in total. The van der Waals surface area contributed by atoms with Gasteiger partial charge in [0.2, 0.25) is 9.84 Å². The average Bonchev–Trinajstić information content (AvgIpc) is 3.09. The van der Waals surface area contributed by atoms with E-state index in [1.807, 2.05) is 19.6 Å². The molecular formula is C18H27F3N4O3SSi. The van der Waals surface area contributed by atoms with Gasteiger partial charge in [-0.05, 0) is 68.4 Å². The first-order chi connectivity index (χ1) is 13.7. The predicted molar refractivity (Wildman–Crippen MR) is 109 cm³/mol. The molecule has 2 rings (SSSR count). The van der Waals surface area contributed by atoms with Crippen LogP contribution in [0.15, 0.2) is 35.5 Å². The van der Waals surface area contributed by atoms with E-state index >= 15 is 0 Å². The summed E-state index contributed by atoms with van der Waals surface area (Å²) in [5.74, 6) is -0.340. The topological polar surface area (TPSA) is 87.0 Å². The van der Waals surface area contributed by atoms with Gasteiger partial charge in [-0.3, -0.25) is 0 Å². The second kappa shape index (κ2) is 9.14. The largest absolute Gasteiger partial charge is 0.412 e. The van der Waals surface area contributed by atoms with Crippen LogP contribution in [0.2, 0.25) is 19.6 Å². The molecule has 1 atom stereocenters. The molecule has 0 saturated heterocycles. The predicted octanol–water partition coefficient (Wildman–Crippen LogP) is 4.17. The van der Waals surface area contributed by atoms with Crippen LogP contribution >= 0.6 is 0 Å². The van der Waals surface area contributed by atoms with Gasteiger partial charge >= 0.3 is 6.18 Å². The van der Waals surface area contributed by atoms with Crippen LogP contribution in [0.25, 0.3) is 5.69 Å². The van der Waals surface area contributed by atoms with Crippen LogP contribution < -0.4 is 0 Å². The first-order valence-corrected chi connectivity index (χ1v) is 14.6. The fraction of sp³-hybridized carbons (Fsp3) is 0.611. The minimum absolute atomic E-state index is 0.0408. The molecule has 0 spiro atoms. The van der Waals surface area contributed by atoms with Gasteiger partial charge in [-0.15, -0.1) is 0 Å². The summed E-state index contributed by atoms with van der Waals surface area (Å²) in [6.45, 7) is 7.43. The SMILES string of the molecule is C[C@](CCCC(F)(F)F)(CCS(=O)(=O)c1nnnn1-c1ccccc1)O[Si](C)(C)C. The highest BCUT2D eigenvalue weighted by Gasteiger charge is 2.36. The molecule has 1 aromatic heterocycles. The number of sulfone groups is 1. The number of benzene rings is 1. The summed E-state index contributed by atoms with van der Waals surface area (Å²) in [6, 6.07) is 8.58. The fourth-order valence-corrected chi connectivity index (χ4v) is 6.31. The van der Waals surface area contributed by atoms with Gasteiger partial charge in [-0.2, -0.15) is 17.9 Å². The molecule has 0 bridgehead atoms. The van der Waals surface area contributed by atoms with E-state index in [0.717, 1.165) is 4.68 Å². The van der Waals surface area contributed by atoms with Crippen LogP contribution in [-0.4, -0.2) is 54.5 Å². The number of hydrogen-bond donors (Lipinski definition) is 0. The third-order valence-electron chi connectivity index (χ3n) is 4.34. The quantitative estimate of drug-likeness (QED) is 0.491. The Hall–Kier alpha value is -1.79. The minimum atomic E-state index is -4.26. The number of para-hydroxylation sites is 1. The lowest BCUT2D eigenvalue weighted by atomic mass is 9.96. The molecule has 0 aliphatic rings. The molecule has 0 radical (unpaired) electrons. The first-order valence-electron chi connectivity index (χ1n) is 9.54. The van der Waals surface area contributed by atoms with Crippen molar-refractivity contribution in [3.05, 3.63) is 30.3 Å². The highest BCUT2D eigenvalue weighted by molar-refractivity contribution is 7.91. The molecule has 0 amide bonds. The zero-order chi connectivity index (χ0) is 22.6. The summed E-state index contributed by atoms with van der Waals surface area (Å²) in [7, 11) is -6.03. The van der Waals surface area contributed by atoms with E-state index < -0.39 is 36.4 Å². The Labute approximate surface area is 175 Å². The van der Waals surface area contributed by atoms with Gasteiger partial charge < -0.3 is 4.43 Å². The molecule has 0 aliphatic carbocycles. The zero-order valence-corrected chi connectivity index (χ0v) is 19.3. The van der Waals surface area contributed by atoms with E-state index in [2.05, 4.69) is 15.5 Å². The second-order valence-electron chi connectivity index (χ2n) is 8.41. The Kier molecular flexibility index (Phi) is 7.46. The summed E-state index contributed by atoms with van der Waals surface area (Å²) >= 11 is 0. The van der Waals surface area contributed by atoms with Crippen molar-refractivity contribution >= 4 is 18.2 Å². The molecule has 2 aromatic rings. The van der Waals surface area contributed by atoms with Gasteiger partial charge in [-0.1, -0.05) is 23.3 Å². The Morgan fingerprint density at radius 3 is 2.27 bits per heavy atom. The third kappa shape index (κ3) is 7.47. The Bertz CT molecular complexity index is 930. The maximum atomic E-state index is 12.9. The monoisotopic (exact) mass is 464 g/mol. The second-order valence-corrected chi connectivity index (χ2v) is 14.8.